The van der Waals surface area contributed by atoms with Gasteiger partial charge in [0.05, 0.1) is 23.4 Å². The number of methoxy groups -OCH3 is 1. The highest BCUT2D eigenvalue weighted by molar-refractivity contribution is 6.37. The maximum atomic E-state index is 13.8. The molecule has 0 saturated carbocycles. The molecule has 5 heteroatoms. The predicted molar refractivity (Wildman–Crippen MR) is 72.2 cm³/mol. The number of ketones is 1. The van der Waals surface area contributed by atoms with Crippen LogP contribution in [0.2, 0.25) is 5.02 Å². The number of nitrogen functional groups attached to an aromatic ring is 1. The maximum Gasteiger partial charge on any atom is 0.197 e. The summed E-state index contributed by atoms with van der Waals surface area (Å²) in [5.74, 6) is -0.840. The zero-order valence-corrected chi connectivity index (χ0v) is 10.9. The van der Waals surface area contributed by atoms with Crippen LogP contribution in [-0.2, 0) is 0 Å². The molecule has 0 fully saturated rings. The molecular weight excluding hydrogens is 269 g/mol. The largest absolute Gasteiger partial charge is 0.497 e. The Balaban J connectivity index is 2.47. The van der Waals surface area contributed by atoms with Crippen LogP contribution in [-0.4, -0.2) is 12.9 Å². The van der Waals surface area contributed by atoms with Crippen LogP contribution in [0, 0.1) is 5.82 Å². The van der Waals surface area contributed by atoms with Gasteiger partial charge in [0.15, 0.2) is 5.78 Å². The summed E-state index contributed by atoms with van der Waals surface area (Å²) in [7, 11) is 1.42. The van der Waals surface area contributed by atoms with Gasteiger partial charge in [-0.25, -0.2) is 4.39 Å². The molecule has 0 spiro atoms. The van der Waals surface area contributed by atoms with Crippen LogP contribution in [0.3, 0.4) is 0 Å². The summed E-state index contributed by atoms with van der Waals surface area (Å²) < 4.78 is 18.7. The second-order valence-corrected chi connectivity index (χ2v) is 4.26. The molecule has 2 N–H and O–H groups in total. The minimum atomic E-state index is -0.664. The first kappa shape index (κ1) is 13.4. The van der Waals surface area contributed by atoms with Gasteiger partial charge >= 0.3 is 0 Å². The number of anilines is 1. The zero-order valence-electron chi connectivity index (χ0n) is 10.1. The Kier molecular flexibility index (Phi) is 3.71. The summed E-state index contributed by atoms with van der Waals surface area (Å²) in [5.41, 5.74) is 6.00. The van der Waals surface area contributed by atoms with Gasteiger partial charge in [0.25, 0.3) is 0 Å². The summed E-state index contributed by atoms with van der Waals surface area (Å²) >= 11 is 5.96. The Bertz CT molecular complexity index is 643. The van der Waals surface area contributed by atoms with Crippen molar-refractivity contribution in [3.05, 3.63) is 58.4 Å². The van der Waals surface area contributed by atoms with Gasteiger partial charge in [0, 0.05) is 11.6 Å². The van der Waals surface area contributed by atoms with Crippen molar-refractivity contribution in [3.8, 4) is 5.75 Å². The molecule has 2 aromatic rings. The number of benzene rings is 2. The van der Waals surface area contributed by atoms with Gasteiger partial charge in [0.2, 0.25) is 0 Å². The normalized spacial score (nSPS) is 10.3. The first-order valence-corrected chi connectivity index (χ1v) is 5.84. The van der Waals surface area contributed by atoms with Crippen molar-refractivity contribution in [2.24, 2.45) is 0 Å². The number of hydrogen-bond acceptors (Lipinski definition) is 3. The molecule has 0 radical (unpaired) electrons. The molecule has 0 aliphatic heterocycles. The van der Waals surface area contributed by atoms with Crippen LogP contribution < -0.4 is 10.5 Å². The number of carbonyl (C=O) groups excluding carboxylic acids is 1. The maximum absolute atomic E-state index is 13.8. The van der Waals surface area contributed by atoms with Crippen LogP contribution in [0.1, 0.15) is 15.9 Å². The van der Waals surface area contributed by atoms with Gasteiger partial charge in [-0.1, -0.05) is 17.7 Å². The number of hydrogen-bond donors (Lipinski definition) is 1. The summed E-state index contributed by atoms with van der Waals surface area (Å²) in [5, 5.41) is 0.128. The number of nitrogens with two attached hydrogens (primary N) is 1. The van der Waals surface area contributed by atoms with Crippen LogP contribution >= 0.6 is 11.6 Å². The highest BCUT2D eigenvalue weighted by Crippen LogP contribution is 2.27. The van der Waals surface area contributed by atoms with E-state index in [1.54, 1.807) is 12.1 Å². The average molecular weight is 280 g/mol. The van der Waals surface area contributed by atoms with E-state index in [4.69, 9.17) is 22.1 Å². The molecule has 0 aliphatic rings. The molecular formula is C14H11ClFNO2. The smallest absolute Gasteiger partial charge is 0.197 e. The lowest BCUT2D eigenvalue weighted by Crippen LogP contribution is -2.06. The molecule has 2 aromatic carbocycles. The van der Waals surface area contributed by atoms with Crippen molar-refractivity contribution in [1.82, 2.24) is 0 Å². The fourth-order valence-corrected chi connectivity index (χ4v) is 1.89. The number of rotatable bonds is 3. The molecule has 0 aromatic heterocycles. The molecule has 0 heterocycles. The Hall–Kier alpha value is -2.07. The second-order valence-electron chi connectivity index (χ2n) is 3.88. The zero-order chi connectivity index (χ0) is 14.0. The van der Waals surface area contributed by atoms with E-state index in [2.05, 4.69) is 0 Å². The Morgan fingerprint density at radius 3 is 2.63 bits per heavy atom. The predicted octanol–water partition coefficient (Wildman–Crippen LogP) is 3.30. The third-order valence-electron chi connectivity index (χ3n) is 2.69. The summed E-state index contributed by atoms with van der Waals surface area (Å²) in [6.45, 7) is 0. The third-order valence-corrected chi connectivity index (χ3v) is 3.12. The fourth-order valence-electron chi connectivity index (χ4n) is 1.68. The molecule has 3 nitrogen and oxygen atoms in total. The van der Waals surface area contributed by atoms with E-state index < -0.39 is 11.6 Å². The molecule has 98 valence electrons. The van der Waals surface area contributed by atoms with E-state index in [0.29, 0.717) is 5.75 Å². The Morgan fingerprint density at radius 1 is 1.26 bits per heavy atom. The van der Waals surface area contributed by atoms with Crippen LogP contribution in [0.25, 0.3) is 0 Å². The van der Waals surface area contributed by atoms with Gasteiger partial charge in [-0.3, -0.25) is 4.79 Å². The minimum absolute atomic E-state index is 0.0756. The lowest BCUT2D eigenvalue weighted by molar-refractivity contribution is 0.103. The van der Waals surface area contributed by atoms with Gasteiger partial charge in [-0.15, -0.1) is 0 Å². The van der Waals surface area contributed by atoms with Crippen molar-refractivity contribution >= 4 is 23.1 Å². The van der Waals surface area contributed by atoms with E-state index in [0.717, 1.165) is 6.07 Å². The van der Waals surface area contributed by atoms with E-state index in [-0.39, 0.29) is 21.8 Å². The van der Waals surface area contributed by atoms with Crippen molar-refractivity contribution < 1.29 is 13.9 Å². The van der Waals surface area contributed by atoms with Crippen molar-refractivity contribution in [2.75, 3.05) is 12.8 Å². The number of ether oxygens (including phenoxy) is 1. The third kappa shape index (κ3) is 2.53. The molecule has 0 amide bonds. The Labute approximate surface area is 114 Å². The van der Waals surface area contributed by atoms with E-state index in [9.17, 15) is 9.18 Å². The topological polar surface area (TPSA) is 52.3 Å². The van der Waals surface area contributed by atoms with Gasteiger partial charge in [-0.2, -0.15) is 0 Å². The summed E-state index contributed by atoms with van der Waals surface area (Å²) in [6.07, 6.45) is 0. The molecule has 0 unspecified atom stereocenters. The quantitative estimate of drug-likeness (QED) is 0.693. The molecule has 2 rings (SSSR count). The first-order valence-electron chi connectivity index (χ1n) is 5.47. The molecule has 0 aliphatic carbocycles. The minimum Gasteiger partial charge on any atom is -0.497 e. The molecule has 19 heavy (non-hydrogen) atoms. The monoisotopic (exact) mass is 279 g/mol. The summed E-state index contributed by atoms with van der Waals surface area (Å²) in [4.78, 5) is 12.2. The van der Waals surface area contributed by atoms with Crippen molar-refractivity contribution in [2.45, 2.75) is 0 Å². The first-order chi connectivity index (χ1) is 9.04. The van der Waals surface area contributed by atoms with Crippen molar-refractivity contribution in [1.29, 1.82) is 0 Å². The highest BCUT2D eigenvalue weighted by atomic mass is 35.5. The van der Waals surface area contributed by atoms with E-state index in [1.165, 1.54) is 25.3 Å². The fraction of sp³-hybridized carbons (Fsp3) is 0.0714. The molecule has 0 bridgehead atoms. The second kappa shape index (κ2) is 5.28. The summed E-state index contributed by atoms with van der Waals surface area (Å²) in [6, 6.07) is 8.68. The highest BCUT2D eigenvalue weighted by Gasteiger charge is 2.18. The van der Waals surface area contributed by atoms with Gasteiger partial charge < -0.3 is 10.5 Å². The average Bonchev–Trinajstić information content (AvgIpc) is 2.41. The van der Waals surface area contributed by atoms with Crippen LogP contribution in [0.5, 0.6) is 5.75 Å². The standard InChI is InChI=1S/C14H11ClFNO2/c1-19-8-5-6-9(11(16)7-8)14(18)10-3-2-4-12(17)13(10)15/h2-7H,17H2,1H3. The SMILES string of the molecule is COc1ccc(C(=O)c2cccc(N)c2Cl)c(F)c1. The lowest BCUT2D eigenvalue weighted by Gasteiger charge is -2.07. The van der Waals surface area contributed by atoms with E-state index >= 15 is 0 Å². The molecule has 0 atom stereocenters. The van der Waals surface area contributed by atoms with E-state index in [1.807, 2.05) is 0 Å². The van der Waals surface area contributed by atoms with Crippen molar-refractivity contribution in [3.63, 3.8) is 0 Å². The molecule has 0 saturated heterocycles. The van der Waals surface area contributed by atoms with Gasteiger partial charge in [0.1, 0.15) is 11.6 Å². The van der Waals surface area contributed by atoms with Crippen LogP contribution in [0.4, 0.5) is 10.1 Å². The Morgan fingerprint density at radius 2 is 2.00 bits per heavy atom. The van der Waals surface area contributed by atoms with Crippen LogP contribution in [0.15, 0.2) is 36.4 Å². The lowest BCUT2D eigenvalue weighted by atomic mass is 10.0. The number of halogens is 2. The number of carbonyl (C=O) groups is 1. The van der Waals surface area contributed by atoms with Gasteiger partial charge in [-0.05, 0) is 24.3 Å².